The van der Waals surface area contributed by atoms with Crippen LogP contribution in [-0.2, 0) is 0 Å². The summed E-state index contributed by atoms with van der Waals surface area (Å²) in [4.78, 5) is 0. The molecule has 14 heavy (non-hydrogen) atoms. The predicted molar refractivity (Wildman–Crippen MR) is 55.4 cm³/mol. The maximum Gasteiger partial charge on any atom is 0.276 e. The van der Waals surface area contributed by atoms with Gasteiger partial charge in [-0.05, 0) is 25.3 Å². The molecule has 0 unspecified atom stereocenters. The van der Waals surface area contributed by atoms with Crippen molar-refractivity contribution in [1.82, 2.24) is 15.5 Å². The van der Waals surface area contributed by atoms with Crippen LogP contribution in [0.5, 0.6) is 0 Å². The Balaban J connectivity index is 1.53. The van der Waals surface area contributed by atoms with E-state index >= 15 is 0 Å². The number of nitrogens with one attached hydrogen (secondary N) is 1. The van der Waals surface area contributed by atoms with Crippen LogP contribution in [0.1, 0.15) is 18.7 Å². The molecule has 1 aromatic heterocycles. The summed E-state index contributed by atoms with van der Waals surface area (Å²) < 4.78 is 5.24. The lowest BCUT2D eigenvalue weighted by molar-refractivity contribution is 0.429. The van der Waals surface area contributed by atoms with Gasteiger partial charge >= 0.3 is 0 Å². The summed E-state index contributed by atoms with van der Waals surface area (Å²) in [7, 11) is 0. The monoisotopic (exact) mass is 213 g/mol. The average Bonchev–Trinajstić information content (AvgIpc) is 2.89. The molecule has 1 saturated carbocycles. The minimum atomic E-state index is 0.637. The highest BCUT2D eigenvalue weighted by Crippen LogP contribution is 2.27. The summed E-state index contributed by atoms with van der Waals surface area (Å²) in [5, 5.41) is 11.8. The highest BCUT2D eigenvalue weighted by atomic mass is 32.2. The Morgan fingerprint density at radius 3 is 3.00 bits per heavy atom. The second kappa shape index (κ2) is 4.79. The lowest BCUT2D eigenvalue weighted by Gasteiger charge is -2.00. The average molecular weight is 213 g/mol. The van der Waals surface area contributed by atoms with Crippen molar-refractivity contribution in [3.05, 3.63) is 5.89 Å². The van der Waals surface area contributed by atoms with E-state index in [1.54, 1.807) is 11.8 Å². The maximum absolute atomic E-state index is 5.24. The van der Waals surface area contributed by atoms with Crippen LogP contribution in [0.2, 0.25) is 0 Å². The summed E-state index contributed by atoms with van der Waals surface area (Å²) in [6.45, 7) is 3.99. The molecule has 0 radical (unpaired) electrons. The van der Waals surface area contributed by atoms with Crippen LogP contribution in [0.15, 0.2) is 9.64 Å². The Kier molecular flexibility index (Phi) is 3.42. The number of hydrogen-bond donors (Lipinski definition) is 1. The summed E-state index contributed by atoms with van der Waals surface area (Å²) in [6.07, 6.45) is 2.81. The van der Waals surface area contributed by atoms with Gasteiger partial charge in [0.1, 0.15) is 0 Å². The van der Waals surface area contributed by atoms with Crippen LogP contribution < -0.4 is 5.32 Å². The minimum Gasteiger partial charge on any atom is -0.416 e. The molecule has 1 aliphatic carbocycles. The molecule has 0 amide bonds. The zero-order valence-electron chi connectivity index (χ0n) is 8.32. The van der Waals surface area contributed by atoms with Crippen molar-refractivity contribution >= 4 is 11.8 Å². The number of aryl methyl sites for hydroxylation is 1. The third-order valence-corrected chi connectivity index (χ3v) is 2.96. The van der Waals surface area contributed by atoms with Gasteiger partial charge < -0.3 is 9.73 Å². The molecule has 4 nitrogen and oxygen atoms in total. The highest BCUT2D eigenvalue weighted by Gasteiger charge is 2.19. The van der Waals surface area contributed by atoms with E-state index in [0.717, 1.165) is 18.2 Å². The predicted octanol–water partition coefficient (Wildman–Crippen LogP) is 1.47. The first-order valence-electron chi connectivity index (χ1n) is 4.98. The number of aromatic nitrogens is 2. The molecule has 0 aromatic carbocycles. The van der Waals surface area contributed by atoms with Crippen molar-refractivity contribution < 1.29 is 4.42 Å². The van der Waals surface area contributed by atoms with Gasteiger partial charge in [0.2, 0.25) is 5.89 Å². The van der Waals surface area contributed by atoms with Gasteiger partial charge in [-0.15, -0.1) is 10.2 Å². The Morgan fingerprint density at radius 2 is 2.36 bits per heavy atom. The SMILES string of the molecule is Cc1nnc(SCCNCC2CC2)o1. The summed E-state index contributed by atoms with van der Waals surface area (Å²) >= 11 is 1.61. The molecule has 2 rings (SSSR count). The van der Waals surface area contributed by atoms with E-state index in [1.165, 1.54) is 19.4 Å². The molecule has 1 aromatic rings. The molecule has 0 saturated heterocycles. The van der Waals surface area contributed by atoms with Gasteiger partial charge in [0.15, 0.2) is 0 Å². The highest BCUT2D eigenvalue weighted by molar-refractivity contribution is 7.99. The van der Waals surface area contributed by atoms with Gasteiger partial charge in [-0.25, -0.2) is 0 Å². The van der Waals surface area contributed by atoms with Crippen LogP contribution in [0.3, 0.4) is 0 Å². The van der Waals surface area contributed by atoms with Gasteiger partial charge in [0.05, 0.1) is 0 Å². The molecule has 1 aliphatic rings. The normalized spacial score (nSPS) is 16.1. The van der Waals surface area contributed by atoms with E-state index in [-0.39, 0.29) is 0 Å². The second-order valence-electron chi connectivity index (χ2n) is 3.58. The number of nitrogens with zero attached hydrogens (tertiary/aromatic N) is 2. The first-order valence-corrected chi connectivity index (χ1v) is 5.97. The lowest BCUT2D eigenvalue weighted by atomic mass is 10.4. The quantitative estimate of drug-likeness (QED) is 0.573. The van der Waals surface area contributed by atoms with E-state index < -0.39 is 0 Å². The molecule has 78 valence electrons. The number of rotatable bonds is 6. The maximum atomic E-state index is 5.24. The minimum absolute atomic E-state index is 0.637. The van der Waals surface area contributed by atoms with Crippen molar-refractivity contribution in [1.29, 1.82) is 0 Å². The van der Waals surface area contributed by atoms with Crippen LogP contribution >= 0.6 is 11.8 Å². The lowest BCUT2D eigenvalue weighted by Crippen LogP contribution is -2.19. The van der Waals surface area contributed by atoms with E-state index in [0.29, 0.717) is 11.1 Å². The fraction of sp³-hybridized carbons (Fsp3) is 0.778. The standard InChI is InChI=1S/C9H15N3OS/c1-7-11-12-9(13-7)14-5-4-10-6-8-2-3-8/h8,10H,2-6H2,1H3. The van der Waals surface area contributed by atoms with E-state index in [2.05, 4.69) is 15.5 Å². The molecule has 1 heterocycles. The fourth-order valence-electron chi connectivity index (χ4n) is 1.18. The van der Waals surface area contributed by atoms with Gasteiger partial charge in [0.25, 0.3) is 5.22 Å². The van der Waals surface area contributed by atoms with Crippen LogP contribution in [0.25, 0.3) is 0 Å². The number of thioether (sulfide) groups is 1. The van der Waals surface area contributed by atoms with Gasteiger partial charge in [-0.2, -0.15) is 0 Å². The summed E-state index contributed by atoms with van der Waals surface area (Å²) in [6, 6.07) is 0. The second-order valence-corrected chi connectivity index (χ2v) is 4.63. The molecule has 0 atom stereocenters. The Bertz CT molecular complexity index is 285. The molecule has 0 aliphatic heterocycles. The zero-order valence-corrected chi connectivity index (χ0v) is 9.14. The third-order valence-electron chi connectivity index (χ3n) is 2.14. The first kappa shape index (κ1) is 9.98. The van der Waals surface area contributed by atoms with E-state index in [9.17, 15) is 0 Å². The van der Waals surface area contributed by atoms with Crippen LogP contribution in [-0.4, -0.2) is 29.0 Å². The van der Waals surface area contributed by atoms with Gasteiger partial charge in [-0.1, -0.05) is 11.8 Å². The third kappa shape index (κ3) is 3.31. The van der Waals surface area contributed by atoms with Crippen molar-refractivity contribution in [2.75, 3.05) is 18.8 Å². The van der Waals surface area contributed by atoms with Crippen LogP contribution in [0, 0.1) is 12.8 Å². The number of hydrogen-bond acceptors (Lipinski definition) is 5. The van der Waals surface area contributed by atoms with E-state index in [4.69, 9.17) is 4.42 Å². The smallest absolute Gasteiger partial charge is 0.276 e. The van der Waals surface area contributed by atoms with Crippen LogP contribution in [0.4, 0.5) is 0 Å². The first-order chi connectivity index (χ1) is 6.84. The molecule has 5 heteroatoms. The Morgan fingerprint density at radius 1 is 1.50 bits per heavy atom. The molecular formula is C9H15N3OS. The molecule has 0 bridgehead atoms. The Hall–Kier alpha value is -0.550. The molecule has 0 spiro atoms. The Labute approximate surface area is 87.9 Å². The summed E-state index contributed by atoms with van der Waals surface area (Å²) in [5.74, 6) is 2.58. The van der Waals surface area contributed by atoms with Crippen molar-refractivity contribution in [2.45, 2.75) is 25.0 Å². The molecule has 1 N–H and O–H groups in total. The van der Waals surface area contributed by atoms with Gasteiger partial charge in [-0.3, -0.25) is 0 Å². The van der Waals surface area contributed by atoms with Crippen molar-refractivity contribution in [3.8, 4) is 0 Å². The van der Waals surface area contributed by atoms with Crippen molar-refractivity contribution in [2.24, 2.45) is 5.92 Å². The molecular weight excluding hydrogens is 198 g/mol. The van der Waals surface area contributed by atoms with E-state index in [1.807, 2.05) is 6.92 Å². The largest absolute Gasteiger partial charge is 0.416 e. The zero-order chi connectivity index (χ0) is 9.80. The summed E-state index contributed by atoms with van der Waals surface area (Å²) in [5.41, 5.74) is 0. The fourth-order valence-corrected chi connectivity index (χ4v) is 1.87. The topological polar surface area (TPSA) is 51.0 Å². The van der Waals surface area contributed by atoms with Gasteiger partial charge in [0, 0.05) is 19.2 Å². The van der Waals surface area contributed by atoms with Crippen molar-refractivity contribution in [3.63, 3.8) is 0 Å². The molecule has 1 fully saturated rings.